The van der Waals surface area contributed by atoms with Gasteiger partial charge in [-0.2, -0.15) is 0 Å². The van der Waals surface area contributed by atoms with Crippen LogP contribution in [0.5, 0.6) is 0 Å². The van der Waals surface area contributed by atoms with Gasteiger partial charge in [-0.3, -0.25) is 9.10 Å². The molecule has 0 radical (unpaired) electrons. The molecule has 0 spiro atoms. The Hall–Kier alpha value is -3.26. The van der Waals surface area contributed by atoms with Crippen LogP contribution in [0.3, 0.4) is 0 Å². The summed E-state index contributed by atoms with van der Waals surface area (Å²) in [6.07, 6.45) is 0. The lowest BCUT2D eigenvalue weighted by Crippen LogP contribution is -2.38. The van der Waals surface area contributed by atoms with Gasteiger partial charge < -0.3 is 5.32 Å². The van der Waals surface area contributed by atoms with Crippen LogP contribution in [0.4, 0.5) is 20.2 Å². The van der Waals surface area contributed by atoms with E-state index in [0.717, 1.165) is 46.3 Å². The summed E-state index contributed by atoms with van der Waals surface area (Å²) in [5, 5.41) is 2.63. The van der Waals surface area contributed by atoms with E-state index in [1.165, 1.54) is 12.1 Å². The first-order valence-corrected chi connectivity index (χ1v) is 10.1. The van der Waals surface area contributed by atoms with Crippen molar-refractivity contribution in [1.82, 2.24) is 0 Å². The van der Waals surface area contributed by atoms with Crippen molar-refractivity contribution in [2.45, 2.75) is 11.8 Å². The summed E-state index contributed by atoms with van der Waals surface area (Å²) < 4.78 is 53.6. The Morgan fingerprint density at radius 2 is 1.38 bits per heavy atom. The maximum absolute atomic E-state index is 13.3. The smallest absolute Gasteiger partial charge is 0.264 e. The van der Waals surface area contributed by atoms with E-state index in [1.54, 1.807) is 12.1 Å². The van der Waals surface area contributed by atoms with E-state index in [4.69, 9.17) is 0 Å². The molecular weight excluding hydrogens is 398 g/mol. The zero-order valence-corrected chi connectivity index (χ0v) is 16.3. The summed E-state index contributed by atoms with van der Waals surface area (Å²) in [4.78, 5) is 12.3. The zero-order chi connectivity index (χ0) is 21.0. The summed E-state index contributed by atoms with van der Waals surface area (Å²) >= 11 is 0. The number of halogens is 2. The molecule has 5 nitrogen and oxygen atoms in total. The Balaban J connectivity index is 1.92. The molecule has 29 heavy (non-hydrogen) atoms. The van der Waals surface area contributed by atoms with Gasteiger partial charge in [-0.1, -0.05) is 17.7 Å². The number of sulfonamides is 1. The first-order chi connectivity index (χ1) is 13.8. The van der Waals surface area contributed by atoms with Crippen molar-refractivity contribution in [3.8, 4) is 0 Å². The molecular formula is C21H18F2N2O3S. The van der Waals surface area contributed by atoms with E-state index in [9.17, 15) is 22.0 Å². The highest BCUT2D eigenvalue weighted by Crippen LogP contribution is 2.24. The maximum atomic E-state index is 13.3. The zero-order valence-electron chi connectivity index (χ0n) is 15.5. The SMILES string of the molecule is Cc1ccc(NC(=O)CN(c2ccc(F)cc2)S(=O)(=O)c2ccc(F)cc2)cc1. The van der Waals surface area contributed by atoms with Crippen LogP contribution in [0.15, 0.2) is 77.7 Å². The van der Waals surface area contributed by atoms with Gasteiger partial charge in [-0.25, -0.2) is 17.2 Å². The standard InChI is InChI=1S/C21H18F2N2O3S/c1-15-2-8-18(9-3-15)24-21(26)14-25(19-10-4-16(22)5-11-19)29(27,28)20-12-6-17(23)7-13-20/h2-13H,14H2,1H3,(H,24,26). The highest BCUT2D eigenvalue weighted by atomic mass is 32.2. The lowest BCUT2D eigenvalue weighted by Gasteiger charge is -2.24. The average molecular weight is 416 g/mol. The predicted octanol–water partition coefficient (Wildman–Crippen LogP) is 4.11. The molecule has 0 fully saturated rings. The van der Waals surface area contributed by atoms with Gasteiger partial charge in [0.05, 0.1) is 10.6 Å². The number of aryl methyl sites for hydroxylation is 1. The fourth-order valence-corrected chi connectivity index (χ4v) is 4.05. The second-order valence-electron chi connectivity index (χ2n) is 6.36. The Bertz CT molecular complexity index is 1100. The first kappa shape index (κ1) is 20.5. The number of hydrogen-bond acceptors (Lipinski definition) is 3. The van der Waals surface area contributed by atoms with Crippen molar-refractivity contribution in [2.24, 2.45) is 0 Å². The second kappa shape index (κ2) is 8.40. The number of nitrogens with zero attached hydrogens (tertiary/aromatic N) is 1. The monoisotopic (exact) mass is 416 g/mol. The maximum Gasteiger partial charge on any atom is 0.264 e. The van der Waals surface area contributed by atoms with Crippen LogP contribution in [-0.2, 0) is 14.8 Å². The summed E-state index contributed by atoms with van der Waals surface area (Å²) in [6, 6.07) is 16.0. The van der Waals surface area contributed by atoms with Gasteiger partial charge in [-0.05, 0) is 67.6 Å². The Morgan fingerprint density at radius 3 is 1.93 bits per heavy atom. The first-order valence-electron chi connectivity index (χ1n) is 8.66. The molecule has 0 heterocycles. The fourth-order valence-electron chi connectivity index (χ4n) is 2.62. The van der Waals surface area contributed by atoms with Gasteiger partial charge in [0.2, 0.25) is 5.91 Å². The van der Waals surface area contributed by atoms with Gasteiger partial charge >= 0.3 is 0 Å². The Labute approximate surface area is 167 Å². The largest absolute Gasteiger partial charge is 0.325 e. The predicted molar refractivity (Wildman–Crippen MR) is 107 cm³/mol. The lowest BCUT2D eigenvalue weighted by molar-refractivity contribution is -0.114. The number of anilines is 2. The van der Waals surface area contributed by atoms with Crippen molar-refractivity contribution >= 4 is 27.3 Å². The van der Waals surface area contributed by atoms with Gasteiger partial charge in [0.15, 0.2) is 0 Å². The van der Waals surface area contributed by atoms with Gasteiger partial charge in [0, 0.05) is 5.69 Å². The Morgan fingerprint density at radius 1 is 0.862 bits per heavy atom. The molecule has 0 aromatic heterocycles. The van der Waals surface area contributed by atoms with Crippen LogP contribution >= 0.6 is 0 Å². The molecule has 8 heteroatoms. The van der Waals surface area contributed by atoms with Crippen LogP contribution in [0.1, 0.15) is 5.56 Å². The summed E-state index contributed by atoms with van der Waals surface area (Å²) in [5.41, 5.74) is 1.63. The van der Waals surface area contributed by atoms with Crippen molar-refractivity contribution in [3.05, 3.63) is 90.0 Å². The topological polar surface area (TPSA) is 66.5 Å². The highest BCUT2D eigenvalue weighted by Gasteiger charge is 2.27. The fraction of sp³-hybridized carbons (Fsp3) is 0.0952. The highest BCUT2D eigenvalue weighted by molar-refractivity contribution is 7.92. The molecule has 0 aliphatic carbocycles. The quantitative estimate of drug-likeness (QED) is 0.658. The molecule has 3 rings (SSSR count). The normalized spacial score (nSPS) is 11.1. The van der Waals surface area contributed by atoms with Crippen molar-refractivity contribution in [1.29, 1.82) is 0 Å². The molecule has 1 amide bonds. The molecule has 0 aliphatic heterocycles. The van der Waals surface area contributed by atoms with Gasteiger partial charge in [0.1, 0.15) is 18.2 Å². The number of carbonyl (C=O) groups excluding carboxylic acids is 1. The summed E-state index contributed by atoms with van der Waals surface area (Å²) in [7, 11) is -4.19. The van der Waals surface area contributed by atoms with E-state index in [2.05, 4.69) is 5.32 Å². The molecule has 1 N–H and O–H groups in total. The van der Waals surface area contributed by atoms with Crippen LogP contribution in [0.25, 0.3) is 0 Å². The number of amides is 1. The van der Waals surface area contributed by atoms with Crippen molar-refractivity contribution in [2.75, 3.05) is 16.2 Å². The van der Waals surface area contributed by atoms with Crippen LogP contribution in [0, 0.1) is 18.6 Å². The summed E-state index contributed by atoms with van der Waals surface area (Å²) in [6.45, 7) is 1.36. The number of nitrogens with one attached hydrogen (secondary N) is 1. The minimum atomic E-state index is -4.19. The van der Waals surface area contributed by atoms with Crippen LogP contribution in [0.2, 0.25) is 0 Å². The van der Waals surface area contributed by atoms with E-state index in [0.29, 0.717) is 5.69 Å². The molecule has 0 bridgehead atoms. The number of benzene rings is 3. The third-order valence-electron chi connectivity index (χ3n) is 4.14. The van der Waals surface area contributed by atoms with E-state index >= 15 is 0 Å². The molecule has 0 saturated heterocycles. The van der Waals surface area contributed by atoms with Crippen molar-refractivity contribution in [3.63, 3.8) is 0 Å². The number of carbonyl (C=O) groups is 1. The molecule has 150 valence electrons. The lowest BCUT2D eigenvalue weighted by atomic mass is 10.2. The summed E-state index contributed by atoms with van der Waals surface area (Å²) in [5.74, 6) is -1.71. The third kappa shape index (κ3) is 4.97. The van der Waals surface area contributed by atoms with E-state index < -0.39 is 34.1 Å². The van der Waals surface area contributed by atoms with Crippen molar-refractivity contribution < 1.29 is 22.0 Å². The van der Waals surface area contributed by atoms with E-state index in [-0.39, 0.29) is 10.6 Å². The molecule has 3 aromatic rings. The number of hydrogen-bond donors (Lipinski definition) is 1. The number of rotatable bonds is 6. The van der Waals surface area contributed by atoms with Crippen LogP contribution in [-0.4, -0.2) is 20.9 Å². The molecule has 0 saturated carbocycles. The Kier molecular flexibility index (Phi) is 5.93. The molecule has 0 atom stereocenters. The van der Waals surface area contributed by atoms with Crippen LogP contribution < -0.4 is 9.62 Å². The molecule has 0 unspecified atom stereocenters. The van der Waals surface area contributed by atoms with Gasteiger partial charge in [0.25, 0.3) is 10.0 Å². The molecule has 3 aromatic carbocycles. The molecule has 0 aliphatic rings. The minimum absolute atomic E-state index is 0.106. The second-order valence-corrected chi connectivity index (χ2v) is 8.22. The minimum Gasteiger partial charge on any atom is -0.325 e. The third-order valence-corrected chi connectivity index (χ3v) is 5.93. The average Bonchev–Trinajstić information content (AvgIpc) is 2.69. The van der Waals surface area contributed by atoms with Gasteiger partial charge in [-0.15, -0.1) is 0 Å². The van der Waals surface area contributed by atoms with E-state index in [1.807, 2.05) is 19.1 Å².